The molecule has 1 unspecified atom stereocenters. The van der Waals surface area contributed by atoms with Crippen LogP contribution in [0.2, 0.25) is 0 Å². The van der Waals surface area contributed by atoms with Gasteiger partial charge in [-0.05, 0) is 64.7 Å². The van der Waals surface area contributed by atoms with Gasteiger partial charge in [-0.2, -0.15) is 0 Å². The van der Waals surface area contributed by atoms with Crippen LogP contribution in [0.25, 0.3) is 0 Å². The van der Waals surface area contributed by atoms with E-state index in [1.807, 2.05) is 29.2 Å². The van der Waals surface area contributed by atoms with Gasteiger partial charge in [0.25, 0.3) is 5.91 Å². The van der Waals surface area contributed by atoms with Crippen molar-refractivity contribution in [3.8, 4) is 11.5 Å². The van der Waals surface area contributed by atoms with Gasteiger partial charge in [0.2, 0.25) is 0 Å². The summed E-state index contributed by atoms with van der Waals surface area (Å²) in [6.07, 6.45) is 1.89. The van der Waals surface area contributed by atoms with Crippen LogP contribution in [0.5, 0.6) is 11.5 Å². The number of benzene rings is 2. The molecule has 4 nitrogen and oxygen atoms in total. The van der Waals surface area contributed by atoms with Gasteiger partial charge in [-0.3, -0.25) is 4.79 Å². The largest absolute Gasteiger partial charge is 0.497 e. The zero-order chi connectivity index (χ0) is 17.8. The summed E-state index contributed by atoms with van der Waals surface area (Å²) < 4.78 is 24.4. The van der Waals surface area contributed by atoms with Crippen LogP contribution in [0.3, 0.4) is 0 Å². The molecule has 6 heteroatoms. The van der Waals surface area contributed by atoms with Crippen LogP contribution in [0.15, 0.2) is 46.9 Å². The quantitative estimate of drug-likeness (QED) is 0.739. The Balaban J connectivity index is 1.65. The van der Waals surface area contributed by atoms with Crippen molar-refractivity contribution < 1.29 is 18.7 Å². The fourth-order valence-corrected chi connectivity index (χ4v) is 3.52. The second-order valence-corrected chi connectivity index (χ2v) is 6.74. The summed E-state index contributed by atoms with van der Waals surface area (Å²) in [5.41, 5.74) is 1.09. The lowest BCUT2D eigenvalue weighted by Crippen LogP contribution is -2.34. The van der Waals surface area contributed by atoms with Crippen molar-refractivity contribution in [1.29, 1.82) is 0 Å². The van der Waals surface area contributed by atoms with Crippen molar-refractivity contribution in [2.24, 2.45) is 0 Å². The SMILES string of the molecule is COc1ccc(C2CCCN2C(=O)COc2ccc(F)cc2Br)cc1. The van der Waals surface area contributed by atoms with Gasteiger partial charge in [0.1, 0.15) is 17.3 Å². The number of halogens is 2. The zero-order valence-electron chi connectivity index (χ0n) is 13.9. The lowest BCUT2D eigenvalue weighted by Gasteiger charge is -2.25. The van der Waals surface area contributed by atoms with Crippen LogP contribution >= 0.6 is 15.9 Å². The molecule has 1 saturated heterocycles. The number of rotatable bonds is 5. The van der Waals surface area contributed by atoms with E-state index < -0.39 is 0 Å². The average molecular weight is 408 g/mol. The molecule has 2 aromatic carbocycles. The first kappa shape index (κ1) is 17.7. The molecule has 0 bridgehead atoms. The maximum absolute atomic E-state index is 13.1. The van der Waals surface area contributed by atoms with Crippen LogP contribution < -0.4 is 9.47 Å². The van der Waals surface area contributed by atoms with Crippen LogP contribution in [-0.4, -0.2) is 31.1 Å². The van der Waals surface area contributed by atoms with E-state index in [-0.39, 0.29) is 24.4 Å². The Kier molecular flexibility index (Phi) is 5.58. The van der Waals surface area contributed by atoms with Crippen LogP contribution in [0, 0.1) is 5.82 Å². The van der Waals surface area contributed by atoms with Crippen molar-refractivity contribution in [2.45, 2.75) is 18.9 Å². The van der Waals surface area contributed by atoms with Gasteiger partial charge in [0.05, 0.1) is 17.6 Å². The molecule has 0 aliphatic carbocycles. The third-order valence-electron chi connectivity index (χ3n) is 4.32. The fraction of sp³-hybridized carbons (Fsp3) is 0.316. The summed E-state index contributed by atoms with van der Waals surface area (Å²) in [5.74, 6) is 0.818. The van der Waals surface area contributed by atoms with Gasteiger partial charge >= 0.3 is 0 Å². The van der Waals surface area contributed by atoms with Crippen molar-refractivity contribution in [3.05, 3.63) is 58.3 Å². The molecule has 25 heavy (non-hydrogen) atoms. The van der Waals surface area contributed by atoms with E-state index in [0.717, 1.165) is 24.2 Å². The van der Waals surface area contributed by atoms with Gasteiger partial charge < -0.3 is 14.4 Å². The molecule has 0 spiro atoms. The summed E-state index contributed by atoms with van der Waals surface area (Å²) in [7, 11) is 1.63. The highest BCUT2D eigenvalue weighted by molar-refractivity contribution is 9.10. The average Bonchev–Trinajstić information content (AvgIpc) is 3.10. The number of hydrogen-bond acceptors (Lipinski definition) is 3. The maximum Gasteiger partial charge on any atom is 0.261 e. The molecule has 2 aromatic rings. The first-order chi connectivity index (χ1) is 12.1. The van der Waals surface area contributed by atoms with Crippen molar-refractivity contribution in [1.82, 2.24) is 4.90 Å². The third-order valence-corrected chi connectivity index (χ3v) is 4.94. The minimum atomic E-state index is -0.357. The number of hydrogen-bond donors (Lipinski definition) is 0. The van der Waals surface area contributed by atoms with Gasteiger partial charge in [0.15, 0.2) is 6.61 Å². The lowest BCUT2D eigenvalue weighted by atomic mass is 10.0. The molecule has 1 atom stereocenters. The van der Waals surface area contributed by atoms with E-state index in [2.05, 4.69) is 15.9 Å². The number of ether oxygens (including phenoxy) is 2. The fourth-order valence-electron chi connectivity index (χ4n) is 3.05. The molecule has 0 saturated carbocycles. The summed E-state index contributed by atoms with van der Waals surface area (Å²) in [4.78, 5) is 14.4. The molecule has 132 valence electrons. The van der Waals surface area contributed by atoms with E-state index in [1.54, 1.807) is 7.11 Å². The van der Waals surface area contributed by atoms with Crippen LogP contribution in [0.1, 0.15) is 24.4 Å². The second-order valence-electron chi connectivity index (χ2n) is 5.88. The van der Waals surface area contributed by atoms with E-state index in [0.29, 0.717) is 16.8 Å². The first-order valence-electron chi connectivity index (χ1n) is 8.10. The molecule has 0 radical (unpaired) electrons. The lowest BCUT2D eigenvalue weighted by molar-refractivity contribution is -0.134. The molecule has 1 aliphatic heterocycles. The first-order valence-corrected chi connectivity index (χ1v) is 8.89. The number of methoxy groups -OCH3 is 1. The minimum Gasteiger partial charge on any atom is -0.497 e. The summed E-state index contributed by atoms with van der Waals surface area (Å²) in [6.45, 7) is 0.639. The monoisotopic (exact) mass is 407 g/mol. The summed E-state index contributed by atoms with van der Waals surface area (Å²) in [6, 6.07) is 12.0. The molecule has 1 heterocycles. The summed E-state index contributed by atoms with van der Waals surface area (Å²) in [5, 5.41) is 0. The maximum atomic E-state index is 13.1. The Morgan fingerprint density at radius 3 is 2.72 bits per heavy atom. The molecule has 1 fully saturated rings. The van der Waals surface area contributed by atoms with Gasteiger partial charge in [-0.1, -0.05) is 12.1 Å². The zero-order valence-corrected chi connectivity index (χ0v) is 15.5. The van der Waals surface area contributed by atoms with Gasteiger partial charge in [-0.15, -0.1) is 0 Å². The van der Waals surface area contributed by atoms with Gasteiger partial charge in [-0.25, -0.2) is 4.39 Å². The molecule has 0 aromatic heterocycles. The van der Waals surface area contributed by atoms with Crippen molar-refractivity contribution in [3.63, 3.8) is 0 Å². The predicted octanol–water partition coefficient (Wildman–Crippen LogP) is 4.34. The number of carbonyl (C=O) groups is 1. The van der Waals surface area contributed by atoms with E-state index >= 15 is 0 Å². The Hall–Kier alpha value is -2.08. The smallest absolute Gasteiger partial charge is 0.261 e. The van der Waals surface area contributed by atoms with Crippen LogP contribution in [-0.2, 0) is 4.79 Å². The van der Waals surface area contributed by atoms with Crippen molar-refractivity contribution in [2.75, 3.05) is 20.3 Å². The number of amides is 1. The topological polar surface area (TPSA) is 38.8 Å². The van der Waals surface area contributed by atoms with E-state index in [9.17, 15) is 9.18 Å². The Morgan fingerprint density at radius 1 is 1.28 bits per heavy atom. The minimum absolute atomic E-state index is 0.0543. The Labute approximate surface area is 154 Å². The molecule has 0 N–H and O–H groups in total. The molecule has 1 aliphatic rings. The Bertz CT molecular complexity index is 751. The highest BCUT2D eigenvalue weighted by Gasteiger charge is 2.30. The number of carbonyl (C=O) groups excluding carboxylic acids is 1. The Morgan fingerprint density at radius 2 is 2.04 bits per heavy atom. The molecule has 1 amide bonds. The number of nitrogens with zero attached hydrogens (tertiary/aromatic N) is 1. The summed E-state index contributed by atoms with van der Waals surface area (Å²) >= 11 is 3.24. The standard InChI is InChI=1S/C19H19BrFNO3/c1-24-15-7-4-13(5-8-15)17-3-2-10-22(17)19(23)12-25-18-9-6-14(21)11-16(18)20/h4-9,11,17H,2-3,10,12H2,1H3. The normalized spacial score (nSPS) is 16.8. The second kappa shape index (κ2) is 7.87. The molecular formula is C19H19BrFNO3. The molecule has 3 rings (SSSR count). The number of likely N-dealkylation sites (tertiary alicyclic amines) is 1. The predicted molar refractivity (Wildman–Crippen MR) is 96.3 cm³/mol. The van der Waals surface area contributed by atoms with Crippen molar-refractivity contribution >= 4 is 21.8 Å². The highest BCUT2D eigenvalue weighted by atomic mass is 79.9. The van der Waals surface area contributed by atoms with Gasteiger partial charge in [0, 0.05) is 6.54 Å². The molecular weight excluding hydrogens is 389 g/mol. The third kappa shape index (κ3) is 4.12. The highest BCUT2D eigenvalue weighted by Crippen LogP contribution is 2.33. The van der Waals surface area contributed by atoms with E-state index in [4.69, 9.17) is 9.47 Å². The van der Waals surface area contributed by atoms with Crippen LogP contribution in [0.4, 0.5) is 4.39 Å². The van der Waals surface area contributed by atoms with E-state index in [1.165, 1.54) is 18.2 Å².